The maximum Gasteiger partial charge on any atom is 0.508 e. The summed E-state index contributed by atoms with van der Waals surface area (Å²) in [5, 5.41) is 0. The molecule has 0 bridgehead atoms. The van der Waals surface area contributed by atoms with Crippen LogP contribution in [0.4, 0.5) is 4.79 Å². The van der Waals surface area contributed by atoms with Crippen molar-refractivity contribution < 1.29 is 14.3 Å². The zero-order chi connectivity index (χ0) is 10.7. The van der Waals surface area contributed by atoms with E-state index in [0.29, 0.717) is 12.5 Å². The quantitative estimate of drug-likeness (QED) is 0.444. The molecule has 2 fully saturated rings. The van der Waals surface area contributed by atoms with Crippen molar-refractivity contribution in [2.75, 3.05) is 11.0 Å². The molecule has 2 rings (SSSR count). The van der Waals surface area contributed by atoms with Crippen LogP contribution < -0.4 is 0 Å². The van der Waals surface area contributed by atoms with Crippen molar-refractivity contribution >= 4 is 28.7 Å². The van der Waals surface area contributed by atoms with Crippen molar-refractivity contribution in [3.05, 3.63) is 0 Å². The van der Waals surface area contributed by atoms with E-state index in [9.17, 15) is 4.79 Å². The van der Waals surface area contributed by atoms with E-state index in [1.807, 2.05) is 0 Å². The Kier molecular flexibility index (Phi) is 3.74. The van der Waals surface area contributed by atoms with Gasteiger partial charge in [-0.05, 0) is 18.8 Å². The summed E-state index contributed by atoms with van der Waals surface area (Å²) < 4.78 is 11.2. The Labute approximate surface area is 104 Å². The minimum Gasteiger partial charge on any atom is -0.434 e. The van der Waals surface area contributed by atoms with Crippen molar-refractivity contribution in [3.8, 4) is 0 Å². The summed E-state index contributed by atoms with van der Waals surface area (Å²) in [5.74, 6) is 0.552. The first kappa shape index (κ1) is 11.5. The third-order valence-corrected chi connectivity index (χ3v) is 4.90. The summed E-state index contributed by atoms with van der Waals surface area (Å²) >= 11 is 2.34. The number of rotatable bonds is 2. The van der Waals surface area contributed by atoms with Crippen LogP contribution in [-0.4, -0.2) is 22.8 Å². The fourth-order valence-electron chi connectivity index (χ4n) is 2.67. The number of ether oxygens (including phenoxy) is 2. The Bertz CT molecular complexity index is 238. The number of halogens is 1. The first-order valence-corrected chi connectivity index (χ1v) is 7.21. The molecule has 0 N–H and O–H groups in total. The number of carbonyl (C=O) groups is 1. The number of hydrogen-bond donors (Lipinski definition) is 0. The Balaban J connectivity index is 2.08. The second-order valence-electron chi connectivity index (χ2n) is 4.48. The lowest BCUT2D eigenvalue weighted by molar-refractivity contribution is -0.106. The standard InChI is InChI=1S/C11H17IO3/c12-8-11(6-7-14-10(13)15-11)9-4-2-1-3-5-9/h9H,1-8H2/t11-/m0/s1. The highest BCUT2D eigenvalue weighted by molar-refractivity contribution is 14.1. The van der Waals surface area contributed by atoms with Crippen LogP contribution >= 0.6 is 22.6 Å². The molecule has 0 aromatic rings. The molecule has 0 aromatic heterocycles. The van der Waals surface area contributed by atoms with Gasteiger partial charge in [-0.25, -0.2) is 4.79 Å². The molecule has 0 unspecified atom stereocenters. The summed E-state index contributed by atoms with van der Waals surface area (Å²) in [4.78, 5) is 11.2. The van der Waals surface area contributed by atoms with Gasteiger partial charge in [0.05, 0.1) is 6.61 Å². The summed E-state index contributed by atoms with van der Waals surface area (Å²) in [6, 6.07) is 0. The minimum absolute atomic E-state index is 0.226. The molecule has 1 saturated carbocycles. The fraction of sp³-hybridized carbons (Fsp3) is 0.909. The third-order valence-electron chi connectivity index (χ3n) is 3.61. The monoisotopic (exact) mass is 324 g/mol. The third kappa shape index (κ3) is 2.40. The first-order chi connectivity index (χ1) is 7.27. The van der Waals surface area contributed by atoms with Crippen LogP contribution in [0.25, 0.3) is 0 Å². The van der Waals surface area contributed by atoms with Crippen LogP contribution in [0.5, 0.6) is 0 Å². The van der Waals surface area contributed by atoms with Gasteiger partial charge in [0.2, 0.25) is 0 Å². The summed E-state index contributed by atoms with van der Waals surface area (Å²) in [6.45, 7) is 0.526. The highest BCUT2D eigenvalue weighted by atomic mass is 127. The number of hydrogen-bond acceptors (Lipinski definition) is 3. The second-order valence-corrected chi connectivity index (χ2v) is 5.25. The smallest absolute Gasteiger partial charge is 0.434 e. The second kappa shape index (κ2) is 4.89. The zero-order valence-electron chi connectivity index (χ0n) is 8.84. The number of carbonyl (C=O) groups excluding carboxylic acids is 1. The molecule has 4 heteroatoms. The molecule has 0 amide bonds. The molecule has 1 aliphatic carbocycles. The number of cyclic esters (lactones) is 2. The zero-order valence-corrected chi connectivity index (χ0v) is 11.0. The van der Waals surface area contributed by atoms with Crippen LogP contribution in [0.3, 0.4) is 0 Å². The summed E-state index contributed by atoms with van der Waals surface area (Å²) in [5.41, 5.74) is -0.226. The van der Waals surface area contributed by atoms with E-state index in [4.69, 9.17) is 9.47 Å². The molecule has 86 valence electrons. The van der Waals surface area contributed by atoms with Crippen LogP contribution in [0.1, 0.15) is 38.5 Å². The van der Waals surface area contributed by atoms with Gasteiger partial charge in [-0.1, -0.05) is 41.9 Å². The Morgan fingerprint density at radius 1 is 1.33 bits per heavy atom. The fourth-order valence-corrected chi connectivity index (χ4v) is 3.83. The van der Waals surface area contributed by atoms with Gasteiger partial charge in [0, 0.05) is 10.8 Å². The predicted octanol–water partition coefficient (Wildman–Crippen LogP) is 3.30. The van der Waals surface area contributed by atoms with Crippen LogP contribution in [0.2, 0.25) is 0 Å². The highest BCUT2D eigenvalue weighted by Crippen LogP contribution is 2.40. The van der Waals surface area contributed by atoms with E-state index in [2.05, 4.69) is 22.6 Å². The van der Waals surface area contributed by atoms with Gasteiger partial charge < -0.3 is 9.47 Å². The maximum atomic E-state index is 11.2. The molecule has 1 heterocycles. The molecule has 2 aliphatic rings. The van der Waals surface area contributed by atoms with E-state index < -0.39 is 6.16 Å². The van der Waals surface area contributed by atoms with Crippen molar-refractivity contribution in [3.63, 3.8) is 0 Å². The van der Waals surface area contributed by atoms with Crippen molar-refractivity contribution in [1.82, 2.24) is 0 Å². The lowest BCUT2D eigenvalue weighted by Gasteiger charge is -2.42. The van der Waals surface area contributed by atoms with Gasteiger partial charge in [-0.15, -0.1) is 0 Å². The Morgan fingerprint density at radius 3 is 2.67 bits per heavy atom. The summed E-state index contributed by atoms with van der Waals surface area (Å²) in [6.07, 6.45) is 6.70. The molecular formula is C11H17IO3. The van der Waals surface area contributed by atoms with E-state index >= 15 is 0 Å². The SMILES string of the molecule is O=C1OCC[C@](CI)(C2CCCCC2)O1. The van der Waals surface area contributed by atoms with Crippen LogP contribution in [0.15, 0.2) is 0 Å². The van der Waals surface area contributed by atoms with Gasteiger partial charge in [-0.3, -0.25) is 0 Å². The molecule has 0 aromatic carbocycles. The first-order valence-electron chi connectivity index (χ1n) is 5.68. The topological polar surface area (TPSA) is 35.5 Å². The van der Waals surface area contributed by atoms with E-state index in [1.165, 1.54) is 32.1 Å². The van der Waals surface area contributed by atoms with E-state index in [1.54, 1.807) is 0 Å². The van der Waals surface area contributed by atoms with Crippen molar-refractivity contribution in [2.45, 2.75) is 44.1 Å². The number of alkyl halides is 1. The lowest BCUT2D eigenvalue weighted by atomic mass is 9.76. The van der Waals surface area contributed by atoms with Crippen molar-refractivity contribution in [2.24, 2.45) is 5.92 Å². The maximum absolute atomic E-state index is 11.2. The van der Waals surface area contributed by atoms with Gasteiger partial charge in [0.1, 0.15) is 5.60 Å². The Morgan fingerprint density at radius 2 is 2.07 bits per heavy atom. The van der Waals surface area contributed by atoms with Crippen LogP contribution in [-0.2, 0) is 9.47 Å². The highest BCUT2D eigenvalue weighted by Gasteiger charge is 2.44. The summed E-state index contributed by atoms with van der Waals surface area (Å²) in [7, 11) is 0. The molecule has 1 aliphatic heterocycles. The van der Waals surface area contributed by atoms with Gasteiger partial charge in [0.25, 0.3) is 0 Å². The molecule has 3 nitrogen and oxygen atoms in total. The van der Waals surface area contributed by atoms with E-state index in [0.717, 1.165) is 10.8 Å². The van der Waals surface area contributed by atoms with Gasteiger partial charge >= 0.3 is 6.16 Å². The molecule has 1 atom stereocenters. The molecule has 0 spiro atoms. The van der Waals surface area contributed by atoms with Crippen molar-refractivity contribution in [1.29, 1.82) is 0 Å². The molecule has 15 heavy (non-hydrogen) atoms. The average Bonchev–Trinajstić information content (AvgIpc) is 2.30. The van der Waals surface area contributed by atoms with Crippen LogP contribution in [0, 0.1) is 5.92 Å². The minimum atomic E-state index is -0.469. The molecule has 1 saturated heterocycles. The molecular weight excluding hydrogens is 307 g/mol. The average molecular weight is 324 g/mol. The Hall–Kier alpha value is -0.0000000000000000555. The normalized spacial score (nSPS) is 33.3. The predicted molar refractivity (Wildman–Crippen MR) is 65.2 cm³/mol. The lowest BCUT2D eigenvalue weighted by Crippen LogP contribution is -2.49. The van der Waals surface area contributed by atoms with E-state index in [-0.39, 0.29) is 5.60 Å². The van der Waals surface area contributed by atoms with Gasteiger partial charge in [0.15, 0.2) is 0 Å². The largest absolute Gasteiger partial charge is 0.508 e. The van der Waals surface area contributed by atoms with Gasteiger partial charge in [-0.2, -0.15) is 0 Å². The molecule has 0 radical (unpaired) electrons.